The first kappa shape index (κ1) is 21.4. The van der Waals surface area contributed by atoms with Gasteiger partial charge < -0.3 is 16.0 Å². The molecule has 2 aromatic rings. The van der Waals surface area contributed by atoms with Crippen LogP contribution < -0.4 is 11.1 Å². The summed E-state index contributed by atoms with van der Waals surface area (Å²) in [5.41, 5.74) is 6.46. The molecule has 0 radical (unpaired) electrons. The Morgan fingerprint density at radius 2 is 1.90 bits per heavy atom. The molecule has 2 amide bonds. The van der Waals surface area contributed by atoms with E-state index in [2.05, 4.69) is 5.32 Å². The molecule has 1 aliphatic heterocycles. The lowest BCUT2D eigenvalue weighted by molar-refractivity contribution is -0.140. The molecule has 10 heteroatoms. The number of aryl methyl sites for hydroxylation is 1. The van der Waals surface area contributed by atoms with E-state index in [0.29, 0.717) is 6.42 Å². The standard InChI is InChI=1S/C19H24N4O4S2/c20-10-11-21-18(25)19-22(16(24)9-8-15-5-2-1-3-6-15)12-13-23(19)29(26,27)17-7-4-14-28-17/h1-7,14,19H,8-13,20H2,(H,21,25). The van der Waals surface area contributed by atoms with Gasteiger partial charge in [-0.3, -0.25) is 9.59 Å². The average Bonchev–Trinajstić information content (AvgIpc) is 3.41. The molecule has 1 unspecified atom stereocenters. The molecule has 1 aliphatic rings. The van der Waals surface area contributed by atoms with Gasteiger partial charge in [0.15, 0.2) is 6.17 Å². The van der Waals surface area contributed by atoms with Crippen LogP contribution in [0.5, 0.6) is 0 Å². The maximum Gasteiger partial charge on any atom is 0.259 e. The smallest absolute Gasteiger partial charge is 0.259 e. The number of nitrogens with one attached hydrogen (secondary N) is 1. The second-order valence-electron chi connectivity index (χ2n) is 6.57. The summed E-state index contributed by atoms with van der Waals surface area (Å²) >= 11 is 1.08. The maximum atomic E-state index is 13.0. The lowest BCUT2D eigenvalue weighted by Crippen LogP contribution is -2.54. The van der Waals surface area contributed by atoms with Crippen LogP contribution in [0.4, 0.5) is 0 Å². The van der Waals surface area contributed by atoms with Crippen LogP contribution in [0.15, 0.2) is 52.1 Å². The van der Waals surface area contributed by atoms with Crippen molar-refractivity contribution in [3.8, 4) is 0 Å². The fourth-order valence-corrected chi connectivity index (χ4v) is 5.91. The molecule has 1 atom stereocenters. The molecule has 0 bridgehead atoms. The van der Waals surface area contributed by atoms with Crippen molar-refractivity contribution in [2.24, 2.45) is 5.73 Å². The number of rotatable bonds is 8. The quantitative estimate of drug-likeness (QED) is 0.630. The minimum Gasteiger partial charge on any atom is -0.352 e. The van der Waals surface area contributed by atoms with Crippen molar-refractivity contribution < 1.29 is 18.0 Å². The first-order chi connectivity index (χ1) is 13.9. The van der Waals surface area contributed by atoms with Gasteiger partial charge in [-0.1, -0.05) is 36.4 Å². The summed E-state index contributed by atoms with van der Waals surface area (Å²) in [4.78, 5) is 27.0. The summed E-state index contributed by atoms with van der Waals surface area (Å²) < 4.78 is 27.3. The van der Waals surface area contributed by atoms with E-state index in [0.717, 1.165) is 21.2 Å². The highest BCUT2D eigenvalue weighted by Crippen LogP contribution is 2.28. The third kappa shape index (κ3) is 4.84. The van der Waals surface area contributed by atoms with Gasteiger partial charge in [-0.2, -0.15) is 4.31 Å². The molecule has 1 saturated heterocycles. The van der Waals surface area contributed by atoms with Crippen molar-refractivity contribution in [3.63, 3.8) is 0 Å². The van der Waals surface area contributed by atoms with Crippen molar-refractivity contribution in [2.45, 2.75) is 23.2 Å². The molecule has 2 heterocycles. The predicted octanol–water partition coefficient (Wildman–Crippen LogP) is 0.615. The van der Waals surface area contributed by atoms with Gasteiger partial charge in [0.2, 0.25) is 5.91 Å². The van der Waals surface area contributed by atoms with E-state index < -0.39 is 22.1 Å². The molecule has 0 spiro atoms. The van der Waals surface area contributed by atoms with Gasteiger partial charge in [-0.15, -0.1) is 11.3 Å². The molecule has 1 fully saturated rings. The van der Waals surface area contributed by atoms with Gasteiger partial charge >= 0.3 is 0 Å². The van der Waals surface area contributed by atoms with Crippen LogP contribution >= 0.6 is 11.3 Å². The number of benzene rings is 1. The maximum absolute atomic E-state index is 13.0. The second-order valence-corrected chi connectivity index (χ2v) is 9.64. The zero-order chi connectivity index (χ0) is 20.9. The molecule has 29 heavy (non-hydrogen) atoms. The Bertz CT molecular complexity index is 932. The highest BCUT2D eigenvalue weighted by atomic mass is 32.2. The summed E-state index contributed by atoms with van der Waals surface area (Å²) in [6.45, 7) is 0.656. The van der Waals surface area contributed by atoms with Crippen molar-refractivity contribution in [2.75, 3.05) is 26.2 Å². The van der Waals surface area contributed by atoms with E-state index in [4.69, 9.17) is 5.73 Å². The molecule has 156 valence electrons. The molecule has 1 aromatic carbocycles. The number of amides is 2. The molecule has 3 N–H and O–H groups in total. The summed E-state index contributed by atoms with van der Waals surface area (Å²) in [5, 5.41) is 4.28. The van der Waals surface area contributed by atoms with E-state index in [-0.39, 0.29) is 42.7 Å². The molecule has 3 rings (SSSR count). The van der Waals surface area contributed by atoms with Crippen molar-refractivity contribution in [1.29, 1.82) is 0 Å². The molecule has 1 aromatic heterocycles. The Balaban J connectivity index is 1.80. The van der Waals surface area contributed by atoms with Crippen molar-refractivity contribution >= 4 is 33.2 Å². The normalized spacial score (nSPS) is 17.4. The fraction of sp³-hybridized carbons (Fsp3) is 0.368. The Morgan fingerprint density at radius 3 is 2.55 bits per heavy atom. The molecule has 0 aliphatic carbocycles. The predicted molar refractivity (Wildman–Crippen MR) is 111 cm³/mol. The SMILES string of the molecule is NCCNC(=O)C1N(C(=O)CCc2ccccc2)CCN1S(=O)(=O)c1cccs1. The number of carbonyl (C=O) groups excluding carboxylic acids is 2. The van der Waals surface area contributed by atoms with Crippen LogP contribution in [-0.2, 0) is 26.0 Å². The third-order valence-corrected chi connectivity index (χ3v) is 7.88. The van der Waals surface area contributed by atoms with Crippen molar-refractivity contribution in [1.82, 2.24) is 14.5 Å². The summed E-state index contributed by atoms with van der Waals surface area (Å²) in [6, 6.07) is 12.7. The Labute approximate surface area is 174 Å². The molecular weight excluding hydrogens is 412 g/mol. The van der Waals surface area contributed by atoms with Gasteiger partial charge in [-0.25, -0.2) is 8.42 Å². The summed E-state index contributed by atoms with van der Waals surface area (Å²) in [5.74, 6) is -0.799. The van der Waals surface area contributed by atoms with E-state index >= 15 is 0 Å². The Hall–Kier alpha value is -2.27. The lowest BCUT2D eigenvalue weighted by Gasteiger charge is -2.28. The first-order valence-electron chi connectivity index (χ1n) is 9.31. The summed E-state index contributed by atoms with van der Waals surface area (Å²) in [6.07, 6.45) is -0.500. The van der Waals surface area contributed by atoms with Crippen LogP contribution in [0.25, 0.3) is 0 Å². The minimum atomic E-state index is -3.88. The van der Waals surface area contributed by atoms with E-state index in [1.165, 1.54) is 11.0 Å². The first-order valence-corrected chi connectivity index (χ1v) is 11.6. The largest absolute Gasteiger partial charge is 0.352 e. The van der Waals surface area contributed by atoms with Gasteiger partial charge in [0, 0.05) is 32.6 Å². The van der Waals surface area contributed by atoms with Crippen LogP contribution in [0.3, 0.4) is 0 Å². The van der Waals surface area contributed by atoms with Crippen LogP contribution in [-0.4, -0.2) is 61.8 Å². The van der Waals surface area contributed by atoms with Gasteiger partial charge in [-0.05, 0) is 23.4 Å². The highest BCUT2D eigenvalue weighted by molar-refractivity contribution is 7.91. The number of sulfonamides is 1. The van der Waals surface area contributed by atoms with Crippen LogP contribution in [0.1, 0.15) is 12.0 Å². The minimum absolute atomic E-state index is 0.0675. The van der Waals surface area contributed by atoms with Gasteiger partial charge in [0.1, 0.15) is 4.21 Å². The molecule has 8 nitrogen and oxygen atoms in total. The zero-order valence-corrected chi connectivity index (χ0v) is 17.5. The number of hydrogen-bond acceptors (Lipinski definition) is 6. The van der Waals surface area contributed by atoms with E-state index in [1.54, 1.807) is 11.4 Å². The molecule has 0 saturated carbocycles. The number of nitrogens with two attached hydrogens (primary N) is 1. The van der Waals surface area contributed by atoms with Gasteiger partial charge in [0.25, 0.3) is 15.9 Å². The number of thiophene rings is 1. The third-order valence-electron chi connectivity index (χ3n) is 4.66. The summed E-state index contributed by atoms with van der Waals surface area (Å²) in [7, 11) is -3.88. The number of hydrogen-bond donors (Lipinski definition) is 2. The van der Waals surface area contributed by atoms with E-state index in [1.807, 2.05) is 30.3 Å². The average molecular weight is 437 g/mol. The van der Waals surface area contributed by atoms with E-state index in [9.17, 15) is 18.0 Å². The number of nitrogens with zero attached hydrogens (tertiary/aromatic N) is 2. The van der Waals surface area contributed by atoms with Gasteiger partial charge in [0.05, 0.1) is 0 Å². The Morgan fingerprint density at radius 1 is 1.14 bits per heavy atom. The second kappa shape index (κ2) is 9.49. The van der Waals surface area contributed by atoms with Crippen LogP contribution in [0.2, 0.25) is 0 Å². The molecular formula is C19H24N4O4S2. The fourth-order valence-electron chi connectivity index (χ4n) is 3.24. The Kier molecular flexibility index (Phi) is 7.01. The highest BCUT2D eigenvalue weighted by Gasteiger charge is 2.46. The topological polar surface area (TPSA) is 113 Å². The lowest BCUT2D eigenvalue weighted by atomic mass is 10.1. The van der Waals surface area contributed by atoms with Crippen molar-refractivity contribution in [3.05, 3.63) is 53.4 Å². The zero-order valence-electron chi connectivity index (χ0n) is 15.9. The number of carbonyl (C=O) groups is 2. The van der Waals surface area contributed by atoms with Crippen LogP contribution in [0, 0.1) is 0 Å². The monoisotopic (exact) mass is 436 g/mol.